The lowest BCUT2D eigenvalue weighted by Crippen LogP contribution is -2.41. The highest BCUT2D eigenvalue weighted by molar-refractivity contribution is 6.30. The number of benzene rings is 2. The number of para-hydroxylation sites is 1. The van der Waals surface area contributed by atoms with Gasteiger partial charge >= 0.3 is 6.03 Å². The Kier molecular flexibility index (Phi) is 5.18. The molecule has 26 heavy (non-hydrogen) atoms. The fourth-order valence-electron chi connectivity index (χ4n) is 3.02. The molecule has 2 aromatic carbocycles. The van der Waals surface area contributed by atoms with Crippen molar-refractivity contribution in [2.24, 2.45) is 0 Å². The van der Waals surface area contributed by atoms with Crippen LogP contribution >= 0.6 is 11.6 Å². The summed E-state index contributed by atoms with van der Waals surface area (Å²) < 4.78 is 5.73. The maximum absolute atomic E-state index is 12.8. The average Bonchev–Trinajstić information content (AvgIpc) is 2.84. The van der Waals surface area contributed by atoms with Gasteiger partial charge in [-0.25, -0.2) is 4.79 Å². The van der Waals surface area contributed by atoms with Crippen LogP contribution in [0.2, 0.25) is 5.02 Å². The molecule has 3 amide bonds. The molecule has 5 nitrogen and oxygen atoms in total. The molecular weight excluding hydrogens is 352 g/mol. The third-order valence-electron chi connectivity index (χ3n) is 4.55. The first-order valence-electron chi connectivity index (χ1n) is 8.50. The van der Waals surface area contributed by atoms with Gasteiger partial charge in [0.2, 0.25) is 0 Å². The zero-order chi connectivity index (χ0) is 18.7. The molecular formula is C20H21ClN2O3. The number of aryl methyl sites for hydroxylation is 1. The normalized spacial score (nSPS) is 19.6. The van der Waals surface area contributed by atoms with Crippen LogP contribution in [0.5, 0.6) is 5.75 Å². The van der Waals surface area contributed by atoms with Gasteiger partial charge in [0.15, 0.2) is 0 Å². The summed E-state index contributed by atoms with van der Waals surface area (Å²) in [5, 5.41) is 3.30. The maximum atomic E-state index is 12.8. The standard InChI is InChI=1S/C20H21ClN2O3/c1-14-7-3-4-10-17(14)26-12-6-11-23-18(24)20(2,22-19(23)25)15-8-5-9-16(21)13-15/h3-5,7-10,13H,6,11-12H2,1-2H3,(H,22,25). The van der Waals surface area contributed by atoms with E-state index in [2.05, 4.69) is 5.32 Å². The molecule has 0 bridgehead atoms. The molecule has 1 unspecified atom stereocenters. The highest BCUT2D eigenvalue weighted by Gasteiger charge is 2.48. The number of rotatable bonds is 6. The predicted molar refractivity (Wildman–Crippen MR) is 100 cm³/mol. The molecule has 136 valence electrons. The number of carbonyl (C=O) groups excluding carboxylic acids is 2. The first-order chi connectivity index (χ1) is 12.4. The van der Waals surface area contributed by atoms with Crippen LogP contribution in [-0.4, -0.2) is 30.0 Å². The van der Waals surface area contributed by atoms with E-state index >= 15 is 0 Å². The first-order valence-corrected chi connectivity index (χ1v) is 8.88. The van der Waals surface area contributed by atoms with Gasteiger partial charge in [-0.15, -0.1) is 0 Å². The number of urea groups is 1. The first kappa shape index (κ1) is 18.3. The summed E-state index contributed by atoms with van der Waals surface area (Å²) >= 11 is 6.02. The molecule has 1 heterocycles. The maximum Gasteiger partial charge on any atom is 0.325 e. The second kappa shape index (κ2) is 7.38. The summed E-state index contributed by atoms with van der Waals surface area (Å²) in [5.41, 5.74) is 0.622. The number of ether oxygens (including phenoxy) is 1. The number of amides is 3. The summed E-state index contributed by atoms with van der Waals surface area (Å²) in [5.74, 6) is 0.536. The third-order valence-corrected chi connectivity index (χ3v) is 4.79. The fourth-order valence-corrected chi connectivity index (χ4v) is 3.21. The van der Waals surface area contributed by atoms with Gasteiger partial charge in [-0.05, 0) is 49.6 Å². The lowest BCUT2D eigenvalue weighted by Gasteiger charge is -2.22. The molecule has 0 radical (unpaired) electrons. The molecule has 0 spiro atoms. The topological polar surface area (TPSA) is 58.6 Å². The molecule has 3 rings (SSSR count). The second-order valence-electron chi connectivity index (χ2n) is 6.49. The Labute approximate surface area is 157 Å². The summed E-state index contributed by atoms with van der Waals surface area (Å²) in [7, 11) is 0. The van der Waals surface area contributed by atoms with Crippen molar-refractivity contribution >= 4 is 23.5 Å². The minimum absolute atomic E-state index is 0.277. The van der Waals surface area contributed by atoms with E-state index in [-0.39, 0.29) is 5.91 Å². The molecule has 1 N–H and O–H groups in total. The highest BCUT2D eigenvalue weighted by atomic mass is 35.5. The number of hydrogen-bond acceptors (Lipinski definition) is 3. The van der Waals surface area contributed by atoms with Gasteiger partial charge in [0, 0.05) is 11.6 Å². The number of imide groups is 1. The van der Waals surface area contributed by atoms with Crippen LogP contribution in [-0.2, 0) is 10.3 Å². The van der Waals surface area contributed by atoms with Gasteiger partial charge in [0.05, 0.1) is 6.61 Å². The van der Waals surface area contributed by atoms with Crippen LogP contribution in [0.3, 0.4) is 0 Å². The van der Waals surface area contributed by atoms with Crippen molar-refractivity contribution in [2.45, 2.75) is 25.8 Å². The van der Waals surface area contributed by atoms with E-state index in [1.54, 1.807) is 31.2 Å². The van der Waals surface area contributed by atoms with E-state index in [9.17, 15) is 9.59 Å². The number of nitrogens with zero attached hydrogens (tertiary/aromatic N) is 1. The number of nitrogens with one attached hydrogen (secondary N) is 1. The smallest absolute Gasteiger partial charge is 0.325 e. The minimum Gasteiger partial charge on any atom is -0.493 e. The van der Waals surface area contributed by atoms with Crippen LogP contribution in [0.4, 0.5) is 4.79 Å². The average molecular weight is 373 g/mol. The van der Waals surface area contributed by atoms with Gasteiger partial charge in [0.1, 0.15) is 11.3 Å². The second-order valence-corrected chi connectivity index (χ2v) is 6.93. The van der Waals surface area contributed by atoms with Crippen molar-refractivity contribution in [3.63, 3.8) is 0 Å². The van der Waals surface area contributed by atoms with E-state index in [1.165, 1.54) is 4.90 Å². The van der Waals surface area contributed by atoms with E-state index in [0.717, 1.165) is 11.3 Å². The van der Waals surface area contributed by atoms with E-state index in [1.807, 2.05) is 31.2 Å². The van der Waals surface area contributed by atoms with E-state index in [0.29, 0.717) is 30.2 Å². The number of carbonyl (C=O) groups is 2. The SMILES string of the molecule is Cc1ccccc1OCCCN1C(=O)NC(C)(c2cccc(Cl)c2)C1=O. The third kappa shape index (κ3) is 3.53. The van der Waals surface area contributed by atoms with Gasteiger partial charge in [-0.1, -0.05) is 41.9 Å². The molecule has 1 saturated heterocycles. The summed E-state index contributed by atoms with van der Waals surface area (Å²) in [4.78, 5) is 26.4. The monoisotopic (exact) mass is 372 g/mol. The minimum atomic E-state index is -1.10. The Bertz CT molecular complexity index is 839. The van der Waals surface area contributed by atoms with Crippen molar-refractivity contribution < 1.29 is 14.3 Å². The van der Waals surface area contributed by atoms with E-state index in [4.69, 9.17) is 16.3 Å². The Morgan fingerprint density at radius 3 is 2.65 bits per heavy atom. The molecule has 0 saturated carbocycles. The fraction of sp³-hybridized carbons (Fsp3) is 0.300. The molecule has 1 atom stereocenters. The van der Waals surface area contributed by atoms with Crippen LogP contribution in [0.25, 0.3) is 0 Å². The summed E-state index contributed by atoms with van der Waals surface area (Å²) in [6.45, 7) is 4.40. The zero-order valence-electron chi connectivity index (χ0n) is 14.8. The van der Waals surface area contributed by atoms with Crippen LogP contribution < -0.4 is 10.1 Å². The van der Waals surface area contributed by atoms with Crippen LogP contribution in [0, 0.1) is 6.92 Å². The Hall–Kier alpha value is -2.53. The van der Waals surface area contributed by atoms with Crippen LogP contribution in [0.15, 0.2) is 48.5 Å². The van der Waals surface area contributed by atoms with Gasteiger partial charge in [-0.3, -0.25) is 9.69 Å². The number of hydrogen-bond donors (Lipinski definition) is 1. The molecule has 6 heteroatoms. The van der Waals surface area contributed by atoms with Crippen molar-refractivity contribution in [1.29, 1.82) is 0 Å². The Balaban J connectivity index is 1.62. The largest absolute Gasteiger partial charge is 0.493 e. The summed E-state index contributed by atoms with van der Waals surface area (Å²) in [6, 6.07) is 14.3. The Morgan fingerprint density at radius 1 is 1.15 bits per heavy atom. The molecule has 0 aromatic heterocycles. The van der Waals surface area contributed by atoms with Gasteiger partial charge in [-0.2, -0.15) is 0 Å². The predicted octanol–water partition coefficient (Wildman–Crippen LogP) is 3.88. The molecule has 1 aliphatic heterocycles. The molecule has 2 aromatic rings. The molecule has 1 aliphatic rings. The van der Waals surface area contributed by atoms with Crippen molar-refractivity contribution in [1.82, 2.24) is 10.2 Å². The van der Waals surface area contributed by atoms with Gasteiger partial charge in [0.25, 0.3) is 5.91 Å². The quantitative estimate of drug-likeness (QED) is 0.618. The Morgan fingerprint density at radius 2 is 1.92 bits per heavy atom. The molecule has 0 aliphatic carbocycles. The van der Waals surface area contributed by atoms with Crippen LogP contribution in [0.1, 0.15) is 24.5 Å². The van der Waals surface area contributed by atoms with Crippen molar-refractivity contribution in [2.75, 3.05) is 13.2 Å². The zero-order valence-corrected chi connectivity index (χ0v) is 15.5. The lowest BCUT2D eigenvalue weighted by molar-refractivity contribution is -0.131. The van der Waals surface area contributed by atoms with Gasteiger partial charge < -0.3 is 10.1 Å². The lowest BCUT2D eigenvalue weighted by atomic mass is 9.92. The molecule has 1 fully saturated rings. The van der Waals surface area contributed by atoms with Crippen molar-refractivity contribution in [3.05, 3.63) is 64.7 Å². The highest BCUT2D eigenvalue weighted by Crippen LogP contribution is 2.30. The van der Waals surface area contributed by atoms with E-state index < -0.39 is 11.6 Å². The number of halogens is 1. The summed E-state index contributed by atoms with van der Waals surface area (Å²) in [6.07, 6.45) is 0.555. The van der Waals surface area contributed by atoms with Crippen molar-refractivity contribution in [3.8, 4) is 5.75 Å².